The molecule has 0 spiro atoms. The Kier molecular flexibility index (Phi) is 2.00. The monoisotopic (exact) mass is 155 g/mol. The number of hydrogen-bond acceptors (Lipinski definition) is 2. The van der Waals surface area contributed by atoms with Crippen molar-refractivity contribution < 1.29 is 0 Å². The van der Waals surface area contributed by atoms with E-state index < -0.39 is 0 Å². The molecule has 0 aliphatic heterocycles. The second-order valence-electron chi connectivity index (χ2n) is 3.05. The molecule has 0 heterocycles. The highest BCUT2D eigenvalue weighted by molar-refractivity contribution is 7.98. The molecule has 0 amide bonds. The predicted molar refractivity (Wildman–Crippen MR) is 45.9 cm³/mol. The molecule has 0 unspecified atom stereocenters. The molecule has 0 aromatic heterocycles. The third kappa shape index (κ3) is 1.77. The van der Waals surface area contributed by atoms with Gasteiger partial charge in [0.05, 0.1) is 6.04 Å². The summed E-state index contributed by atoms with van der Waals surface area (Å²) in [5.74, 6) is 0. The largest absolute Gasteiger partial charge is 0.253 e. The van der Waals surface area contributed by atoms with Crippen LogP contribution in [-0.2, 0) is 0 Å². The van der Waals surface area contributed by atoms with Gasteiger partial charge in [0.2, 0.25) is 0 Å². The van der Waals surface area contributed by atoms with Crippen molar-refractivity contribution in [1.29, 1.82) is 0 Å². The predicted octanol–water partition coefficient (Wildman–Crippen LogP) is 2.11. The van der Waals surface area contributed by atoms with Crippen molar-refractivity contribution in [3.05, 3.63) is 12.2 Å². The number of hydrogen-bond donors (Lipinski definition) is 1. The maximum atomic E-state index is 3.40. The lowest BCUT2D eigenvalue weighted by Gasteiger charge is -2.07. The van der Waals surface area contributed by atoms with Gasteiger partial charge < -0.3 is 0 Å². The van der Waals surface area contributed by atoms with Crippen molar-refractivity contribution in [2.24, 2.45) is 0 Å². The molecule has 56 valence electrons. The summed E-state index contributed by atoms with van der Waals surface area (Å²) in [5.41, 5.74) is 0. The molecule has 1 N–H and O–H groups in total. The molecule has 0 aromatic carbocycles. The van der Waals surface area contributed by atoms with Gasteiger partial charge in [0.15, 0.2) is 0 Å². The SMILES string of the molecule is C1=CC1NSC1CCCC1. The lowest BCUT2D eigenvalue weighted by Crippen LogP contribution is -2.12. The maximum Gasteiger partial charge on any atom is 0.0534 e. The van der Waals surface area contributed by atoms with Gasteiger partial charge in [0.1, 0.15) is 0 Å². The number of rotatable bonds is 3. The van der Waals surface area contributed by atoms with Crippen LogP contribution in [-0.4, -0.2) is 11.3 Å². The van der Waals surface area contributed by atoms with E-state index in [0.717, 1.165) is 5.25 Å². The van der Waals surface area contributed by atoms with Crippen LogP contribution in [0.4, 0.5) is 0 Å². The third-order valence-corrected chi connectivity index (χ3v) is 3.27. The Labute approximate surface area is 66.4 Å². The molecule has 1 saturated carbocycles. The molecule has 0 saturated heterocycles. The zero-order valence-corrected chi connectivity index (χ0v) is 6.86. The molecule has 0 atom stereocenters. The average molecular weight is 155 g/mol. The highest BCUT2D eigenvalue weighted by Gasteiger charge is 2.18. The van der Waals surface area contributed by atoms with E-state index in [4.69, 9.17) is 0 Å². The van der Waals surface area contributed by atoms with E-state index in [9.17, 15) is 0 Å². The van der Waals surface area contributed by atoms with Crippen LogP contribution >= 0.6 is 11.9 Å². The van der Waals surface area contributed by atoms with Gasteiger partial charge in [-0.2, -0.15) is 0 Å². The van der Waals surface area contributed by atoms with Gasteiger partial charge in [0.25, 0.3) is 0 Å². The first kappa shape index (κ1) is 6.74. The fraction of sp³-hybridized carbons (Fsp3) is 0.750. The smallest absolute Gasteiger partial charge is 0.0534 e. The van der Waals surface area contributed by atoms with Crippen LogP contribution in [0.1, 0.15) is 25.7 Å². The van der Waals surface area contributed by atoms with Crippen LogP contribution in [0.3, 0.4) is 0 Å². The van der Waals surface area contributed by atoms with Crippen LogP contribution in [0.25, 0.3) is 0 Å². The van der Waals surface area contributed by atoms with E-state index in [0.29, 0.717) is 6.04 Å². The van der Waals surface area contributed by atoms with Gasteiger partial charge in [-0.1, -0.05) is 36.9 Å². The molecule has 1 nitrogen and oxygen atoms in total. The van der Waals surface area contributed by atoms with Crippen molar-refractivity contribution in [3.8, 4) is 0 Å². The lowest BCUT2D eigenvalue weighted by molar-refractivity contribution is 0.886. The first-order valence-electron chi connectivity index (χ1n) is 4.04. The molecular formula is C8H13NS. The van der Waals surface area contributed by atoms with Crippen LogP contribution in [0.15, 0.2) is 12.2 Å². The van der Waals surface area contributed by atoms with Gasteiger partial charge in [-0.15, -0.1) is 0 Å². The molecule has 0 bridgehead atoms. The highest BCUT2D eigenvalue weighted by Crippen LogP contribution is 2.28. The first-order chi connectivity index (χ1) is 4.95. The molecule has 1 fully saturated rings. The Morgan fingerprint density at radius 1 is 1.20 bits per heavy atom. The zero-order chi connectivity index (χ0) is 6.81. The topological polar surface area (TPSA) is 12.0 Å². The summed E-state index contributed by atoms with van der Waals surface area (Å²) in [6.45, 7) is 0. The summed E-state index contributed by atoms with van der Waals surface area (Å²) in [5, 5.41) is 0.905. The normalized spacial score (nSPS) is 26.0. The summed E-state index contributed by atoms with van der Waals surface area (Å²) < 4.78 is 3.40. The van der Waals surface area contributed by atoms with E-state index in [2.05, 4.69) is 16.9 Å². The van der Waals surface area contributed by atoms with E-state index in [1.165, 1.54) is 25.7 Å². The molecule has 10 heavy (non-hydrogen) atoms. The summed E-state index contributed by atoms with van der Waals surface area (Å²) >= 11 is 1.94. The molecule has 2 aliphatic rings. The van der Waals surface area contributed by atoms with Gasteiger partial charge >= 0.3 is 0 Å². The Morgan fingerprint density at radius 3 is 2.50 bits per heavy atom. The molecule has 0 radical (unpaired) electrons. The molecular weight excluding hydrogens is 142 g/mol. The minimum absolute atomic E-state index is 0.630. The molecule has 2 heteroatoms. The Morgan fingerprint density at radius 2 is 1.90 bits per heavy atom. The minimum atomic E-state index is 0.630. The van der Waals surface area contributed by atoms with Crippen LogP contribution in [0.2, 0.25) is 0 Å². The fourth-order valence-corrected chi connectivity index (χ4v) is 2.39. The standard InChI is InChI=1S/C8H13NS/c1-2-4-8(3-1)10-9-7-5-6-7/h5-9H,1-4H2. The van der Waals surface area contributed by atoms with E-state index >= 15 is 0 Å². The average Bonchev–Trinajstić information content (AvgIpc) is 2.63. The van der Waals surface area contributed by atoms with E-state index in [1.807, 2.05) is 11.9 Å². The number of nitrogens with one attached hydrogen (secondary N) is 1. The van der Waals surface area contributed by atoms with E-state index in [-0.39, 0.29) is 0 Å². The van der Waals surface area contributed by atoms with Gasteiger partial charge in [0, 0.05) is 5.25 Å². The maximum absolute atomic E-state index is 3.40. The van der Waals surface area contributed by atoms with E-state index in [1.54, 1.807) is 0 Å². The Balaban J connectivity index is 1.59. The highest BCUT2D eigenvalue weighted by atomic mass is 32.2. The van der Waals surface area contributed by atoms with Crippen LogP contribution in [0.5, 0.6) is 0 Å². The zero-order valence-electron chi connectivity index (χ0n) is 6.05. The molecule has 2 rings (SSSR count). The van der Waals surface area contributed by atoms with Gasteiger partial charge in [-0.25, -0.2) is 0 Å². The second kappa shape index (κ2) is 2.97. The van der Waals surface area contributed by atoms with Gasteiger partial charge in [-0.3, -0.25) is 4.72 Å². The van der Waals surface area contributed by atoms with Gasteiger partial charge in [-0.05, 0) is 12.8 Å². The van der Waals surface area contributed by atoms with Crippen LogP contribution in [0, 0.1) is 0 Å². The Bertz CT molecular complexity index is 132. The summed E-state index contributed by atoms with van der Waals surface area (Å²) in [4.78, 5) is 0. The van der Waals surface area contributed by atoms with Crippen LogP contribution < -0.4 is 4.72 Å². The fourth-order valence-electron chi connectivity index (χ4n) is 1.32. The third-order valence-electron chi connectivity index (χ3n) is 2.06. The van der Waals surface area contributed by atoms with Crippen molar-refractivity contribution in [2.75, 3.05) is 0 Å². The van der Waals surface area contributed by atoms with Crippen molar-refractivity contribution in [2.45, 2.75) is 37.0 Å². The van der Waals surface area contributed by atoms with Crippen molar-refractivity contribution in [3.63, 3.8) is 0 Å². The summed E-state index contributed by atoms with van der Waals surface area (Å²) in [6.07, 6.45) is 10.1. The quantitative estimate of drug-likeness (QED) is 0.495. The summed E-state index contributed by atoms with van der Waals surface area (Å²) in [7, 11) is 0. The minimum Gasteiger partial charge on any atom is -0.253 e. The lowest BCUT2D eigenvalue weighted by atomic mass is 10.4. The molecule has 0 aromatic rings. The molecule has 2 aliphatic carbocycles. The second-order valence-corrected chi connectivity index (χ2v) is 4.19. The summed E-state index contributed by atoms with van der Waals surface area (Å²) in [6, 6.07) is 0.630. The van der Waals surface area contributed by atoms with Crippen molar-refractivity contribution in [1.82, 2.24) is 4.72 Å². The van der Waals surface area contributed by atoms with Crippen molar-refractivity contribution >= 4 is 11.9 Å². The first-order valence-corrected chi connectivity index (χ1v) is 4.92. The Hall–Kier alpha value is 0.0500.